The maximum atomic E-state index is 13.6. The van der Waals surface area contributed by atoms with Gasteiger partial charge in [0, 0.05) is 30.5 Å². The zero-order valence-corrected chi connectivity index (χ0v) is 21.6. The summed E-state index contributed by atoms with van der Waals surface area (Å²) < 4.78 is 3.54. The lowest BCUT2D eigenvalue weighted by Crippen LogP contribution is -2.59. The molecule has 38 heavy (non-hydrogen) atoms. The van der Waals surface area contributed by atoms with Gasteiger partial charge in [-0.25, -0.2) is 4.99 Å². The SMILES string of the molecule is Cc1cccc(-c2ccc(CNC(Nc3ccccc3)=c3c(=O)n(C)c4n(c3=N)C3CCCC3N=4)cc2)n1. The molecule has 2 aromatic heterocycles. The first-order valence-corrected chi connectivity index (χ1v) is 13.1. The molecule has 2 aliphatic rings. The lowest BCUT2D eigenvalue weighted by atomic mass is 10.1. The number of rotatable bonds is 6. The molecule has 2 atom stereocenters. The number of benzene rings is 2. The number of hydrogen-bond donors (Lipinski definition) is 3. The molecule has 1 fully saturated rings. The Morgan fingerprint density at radius 1 is 1.03 bits per heavy atom. The molecule has 0 saturated heterocycles. The number of pyridine rings is 1. The van der Waals surface area contributed by atoms with Gasteiger partial charge in [0.05, 0.1) is 17.8 Å². The number of para-hydroxylation sites is 1. The van der Waals surface area contributed by atoms with Crippen LogP contribution in [0.5, 0.6) is 0 Å². The highest BCUT2D eigenvalue weighted by Gasteiger charge is 2.34. The van der Waals surface area contributed by atoms with E-state index in [9.17, 15) is 4.79 Å². The molecule has 2 aromatic carbocycles. The minimum Gasteiger partial charge on any atom is -0.367 e. The Morgan fingerprint density at radius 2 is 1.82 bits per heavy atom. The van der Waals surface area contributed by atoms with Gasteiger partial charge >= 0.3 is 0 Å². The Labute approximate surface area is 220 Å². The van der Waals surface area contributed by atoms with Gasteiger partial charge in [0.2, 0.25) is 5.62 Å². The van der Waals surface area contributed by atoms with E-state index in [-0.39, 0.29) is 23.1 Å². The Hall–Kier alpha value is -4.46. The fourth-order valence-corrected chi connectivity index (χ4v) is 5.50. The van der Waals surface area contributed by atoms with Gasteiger partial charge < -0.3 is 10.6 Å². The predicted molar refractivity (Wildman–Crippen MR) is 148 cm³/mol. The third-order valence-corrected chi connectivity index (χ3v) is 7.47. The first kappa shape index (κ1) is 23.9. The van der Waals surface area contributed by atoms with Crippen molar-refractivity contribution in [3.05, 3.63) is 111 Å². The van der Waals surface area contributed by atoms with Gasteiger partial charge in [-0.05, 0) is 56.0 Å². The van der Waals surface area contributed by atoms with Crippen molar-refractivity contribution in [2.45, 2.75) is 44.8 Å². The average Bonchev–Trinajstić information content (AvgIpc) is 3.53. The molecular formula is C30H31N7O. The van der Waals surface area contributed by atoms with Crippen molar-refractivity contribution < 1.29 is 0 Å². The molecule has 4 aromatic rings. The molecule has 1 saturated carbocycles. The molecule has 0 bridgehead atoms. The molecule has 8 heteroatoms. The number of aryl methyl sites for hydroxylation is 1. The number of anilines is 1. The van der Waals surface area contributed by atoms with Crippen LogP contribution in [0.1, 0.15) is 36.6 Å². The summed E-state index contributed by atoms with van der Waals surface area (Å²) in [6, 6.07) is 24.3. The molecule has 192 valence electrons. The van der Waals surface area contributed by atoms with Crippen LogP contribution >= 0.6 is 0 Å². The topological polar surface area (TPSA) is 100 Å². The summed E-state index contributed by atoms with van der Waals surface area (Å²) in [5, 5.41) is 16.3. The minimum atomic E-state index is -0.239. The Kier molecular flexibility index (Phi) is 6.15. The lowest BCUT2D eigenvalue weighted by molar-refractivity contribution is 0.465. The van der Waals surface area contributed by atoms with E-state index >= 15 is 0 Å². The van der Waals surface area contributed by atoms with Crippen LogP contribution in [0.15, 0.2) is 82.6 Å². The summed E-state index contributed by atoms with van der Waals surface area (Å²) in [6.45, 7) is 2.47. The highest BCUT2D eigenvalue weighted by molar-refractivity contribution is 5.63. The van der Waals surface area contributed by atoms with Crippen molar-refractivity contribution in [2.75, 3.05) is 5.32 Å². The molecule has 0 amide bonds. The maximum absolute atomic E-state index is 13.6. The second-order valence-electron chi connectivity index (χ2n) is 10.0. The van der Waals surface area contributed by atoms with Gasteiger partial charge in [-0.15, -0.1) is 0 Å². The molecule has 1 aliphatic heterocycles. The number of aromatic nitrogens is 3. The van der Waals surface area contributed by atoms with Gasteiger partial charge in [0.15, 0.2) is 0 Å². The normalized spacial score (nSPS) is 18.4. The number of nitrogens with one attached hydrogen (secondary N) is 3. The van der Waals surface area contributed by atoms with E-state index < -0.39 is 0 Å². The zero-order chi connectivity index (χ0) is 26.2. The van der Waals surface area contributed by atoms with Crippen LogP contribution in [-0.2, 0) is 13.6 Å². The van der Waals surface area contributed by atoms with Gasteiger partial charge in [-0.3, -0.25) is 24.3 Å². The third kappa shape index (κ3) is 4.32. The van der Waals surface area contributed by atoms with E-state index in [1.54, 1.807) is 11.6 Å². The molecule has 3 N–H and O–H groups in total. The molecule has 8 nitrogen and oxygen atoms in total. The van der Waals surface area contributed by atoms with E-state index in [0.29, 0.717) is 23.2 Å². The Bertz CT molecular complexity index is 1740. The number of nitrogens with zero attached hydrogens (tertiary/aromatic N) is 4. The Balaban J connectivity index is 1.40. The van der Waals surface area contributed by atoms with E-state index in [2.05, 4.69) is 39.9 Å². The number of hydrogen-bond acceptors (Lipinski definition) is 6. The van der Waals surface area contributed by atoms with Crippen molar-refractivity contribution in [3.8, 4) is 11.3 Å². The average molecular weight is 506 g/mol. The summed E-state index contributed by atoms with van der Waals surface area (Å²) in [7, 11) is 1.75. The van der Waals surface area contributed by atoms with Crippen molar-refractivity contribution >= 4 is 11.5 Å². The summed E-state index contributed by atoms with van der Waals surface area (Å²) in [6.07, 6.45) is 3.07. The van der Waals surface area contributed by atoms with Crippen molar-refractivity contribution in [1.82, 2.24) is 19.4 Å². The summed E-state index contributed by atoms with van der Waals surface area (Å²) in [5.74, 6) is 0.517. The van der Waals surface area contributed by atoms with Crippen molar-refractivity contribution in [2.24, 2.45) is 12.0 Å². The van der Waals surface area contributed by atoms with Crippen LogP contribution in [-0.4, -0.2) is 20.2 Å². The highest BCUT2D eigenvalue weighted by atomic mass is 16.1. The molecule has 2 unspecified atom stereocenters. The monoisotopic (exact) mass is 505 g/mol. The van der Waals surface area contributed by atoms with Gasteiger partial charge in [0.25, 0.3) is 5.56 Å². The van der Waals surface area contributed by atoms with E-state index in [1.165, 1.54) is 0 Å². The van der Waals surface area contributed by atoms with E-state index in [4.69, 9.17) is 10.4 Å². The molecule has 1 aliphatic carbocycles. The fourth-order valence-electron chi connectivity index (χ4n) is 5.50. The van der Waals surface area contributed by atoms with Crippen LogP contribution in [0.4, 0.5) is 5.69 Å². The van der Waals surface area contributed by atoms with E-state index in [0.717, 1.165) is 47.5 Å². The predicted octanol–water partition coefficient (Wildman–Crippen LogP) is 2.73. The molecular weight excluding hydrogens is 474 g/mol. The van der Waals surface area contributed by atoms with Crippen molar-refractivity contribution in [3.63, 3.8) is 0 Å². The fraction of sp³-hybridized carbons (Fsp3) is 0.267. The van der Waals surface area contributed by atoms with Crippen LogP contribution < -0.4 is 32.5 Å². The van der Waals surface area contributed by atoms with Gasteiger partial charge in [-0.1, -0.05) is 48.5 Å². The first-order chi connectivity index (χ1) is 18.5. The van der Waals surface area contributed by atoms with Crippen molar-refractivity contribution in [1.29, 1.82) is 5.41 Å². The van der Waals surface area contributed by atoms with E-state index in [1.807, 2.05) is 60.0 Å². The molecule has 0 spiro atoms. The zero-order valence-electron chi connectivity index (χ0n) is 21.6. The summed E-state index contributed by atoms with van der Waals surface area (Å²) in [4.78, 5) is 23.0. The van der Waals surface area contributed by atoms with Crippen LogP contribution in [0.25, 0.3) is 17.1 Å². The van der Waals surface area contributed by atoms with Crippen LogP contribution in [0, 0.1) is 12.3 Å². The van der Waals surface area contributed by atoms with Gasteiger partial charge in [-0.2, -0.15) is 0 Å². The molecule has 3 heterocycles. The molecule has 0 radical (unpaired) electrons. The number of fused-ring (bicyclic) bond motifs is 3. The minimum absolute atomic E-state index is 0.142. The van der Waals surface area contributed by atoms with Crippen LogP contribution in [0.2, 0.25) is 0 Å². The first-order valence-electron chi connectivity index (χ1n) is 13.1. The largest absolute Gasteiger partial charge is 0.367 e. The summed E-state index contributed by atoms with van der Waals surface area (Å²) in [5.41, 5.74) is 5.42. The third-order valence-electron chi connectivity index (χ3n) is 7.47. The quantitative estimate of drug-likeness (QED) is 0.375. The second-order valence-corrected chi connectivity index (χ2v) is 10.0. The van der Waals surface area contributed by atoms with Crippen LogP contribution in [0.3, 0.4) is 0 Å². The van der Waals surface area contributed by atoms with Gasteiger partial charge in [0.1, 0.15) is 16.5 Å². The summed E-state index contributed by atoms with van der Waals surface area (Å²) >= 11 is 0. The second kappa shape index (κ2) is 9.78. The standard InChI is InChI=1S/C30H31N7O/c1-19-8-6-11-23(33-19)21-16-14-20(15-17-21)18-32-28(34-22-9-4-3-5-10-22)26-27(31)37-25-13-7-12-24(25)35-30(37)36(2)29(26)38/h3-6,8-11,14-17,24-25,31-32,34H,7,12-13,18H2,1-2H3. The highest BCUT2D eigenvalue weighted by Crippen LogP contribution is 2.32. The smallest absolute Gasteiger partial charge is 0.267 e. The lowest BCUT2D eigenvalue weighted by Gasteiger charge is -2.17. The molecule has 6 rings (SSSR count). The maximum Gasteiger partial charge on any atom is 0.267 e. The Morgan fingerprint density at radius 3 is 2.58 bits per heavy atom.